The minimum absolute atomic E-state index is 0.419. The van der Waals surface area contributed by atoms with Gasteiger partial charge in [-0.3, -0.25) is 0 Å². The zero-order valence-corrected chi connectivity index (χ0v) is 13.3. The molecule has 2 aliphatic rings. The number of hydrogen-bond acceptors (Lipinski definition) is 5. The molecule has 2 aromatic rings. The molecule has 0 unspecified atom stereocenters. The largest absolute Gasteiger partial charge is 0.357 e. The van der Waals surface area contributed by atoms with Crippen LogP contribution in [0.1, 0.15) is 49.9 Å². The van der Waals surface area contributed by atoms with Crippen LogP contribution in [0.4, 0.5) is 5.82 Å². The van der Waals surface area contributed by atoms with E-state index >= 15 is 0 Å². The zero-order chi connectivity index (χ0) is 15.8. The standard InChI is InChI=1S/C17H20N6/c1-12-6-8-22(9-7-12)16-5-4-14(11-19-16)23-17(13-2-3-13)15(10-18)20-21-23/h4-5,11-13H,2-3,6-9H2,1H3. The van der Waals surface area contributed by atoms with E-state index < -0.39 is 0 Å². The first-order chi connectivity index (χ1) is 11.3. The Kier molecular flexibility index (Phi) is 3.49. The Bertz CT molecular complexity index is 729. The first-order valence-electron chi connectivity index (χ1n) is 8.33. The normalized spacial score (nSPS) is 18.9. The van der Waals surface area contributed by atoms with E-state index in [-0.39, 0.29) is 0 Å². The van der Waals surface area contributed by atoms with Gasteiger partial charge in [0, 0.05) is 19.0 Å². The lowest BCUT2D eigenvalue weighted by atomic mass is 9.99. The summed E-state index contributed by atoms with van der Waals surface area (Å²) in [7, 11) is 0. The van der Waals surface area contributed by atoms with Gasteiger partial charge in [-0.05, 0) is 43.7 Å². The van der Waals surface area contributed by atoms with Crippen molar-refractivity contribution in [2.24, 2.45) is 5.92 Å². The van der Waals surface area contributed by atoms with E-state index in [0.717, 1.165) is 49.0 Å². The molecule has 4 rings (SSSR count). The van der Waals surface area contributed by atoms with Gasteiger partial charge in [-0.2, -0.15) is 5.26 Å². The molecule has 6 heteroatoms. The molecule has 2 aromatic heterocycles. The summed E-state index contributed by atoms with van der Waals surface area (Å²) >= 11 is 0. The fraction of sp³-hybridized carbons (Fsp3) is 0.529. The molecule has 0 atom stereocenters. The van der Waals surface area contributed by atoms with E-state index in [2.05, 4.69) is 39.3 Å². The molecule has 1 aliphatic heterocycles. The van der Waals surface area contributed by atoms with Crippen molar-refractivity contribution >= 4 is 5.82 Å². The zero-order valence-electron chi connectivity index (χ0n) is 13.3. The summed E-state index contributed by atoms with van der Waals surface area (Å²) in [6.07, 6.45) is 6.52. The van der Waals surface area contributed by atoms with Gasteiger partial charge < -0.3 is 4.90 Å². The number of aromatic nitrogens is 4. The summed E-state index contributed by atoms with van der Waals surface area (Å²) in [5.74, 6) is 2.25. The van der Waals surface area contributed by atoms with E-state index in [9.17, 15) is 5.26 Å². The molecule has 0 aromatic carbocycles. The van der Waals surface area contributed by atoms with Crippen LogP contribution in [0.15, 0.2) is 18.3 Å². The van der Waals surface area contributed by atoms with Crippen LogP contribution in [0.5, 0.6) is 0 Å². The van der Waals surface area contributed by atoms with E-state index in [1.54, 1.807) is 4.68 Å². The molecular formula is C17H20N6. The Morgan fingerprint density at radius 2 is 1.96 bits per heavy atom. The van der Waals surface area contributed by atoms with E-state index in [1.807, 2.05) is 12.3 Å². The smallest absolute Gasteiger partial charge is 0.186 e. The van der Waals surface area contributed by atoms with Crippen molar-refractivity contribution in [3.8, 4) is 11.8 Å². The second-order valence-electron chi connectivity index (χ2n) is 6.67. The van der Waals surface area contributed by atoms with Crippen LogP contribution in [-0.2, 0) is 0 Å². The Morgan fingerprint density at radius 1 is 1.17 bits per heavy atom. The van der Waals surface area contributed by atoms with Crippen molar-refractivity contribution in [3.63, 3.8) is 0 Å². The molecule has 6 nitrogen and oxygen atoms in total. The number of piperidine rings is 1. The first-order valence-corrected chi connectivity index (χ1v) is 8.33. The minimum Gasteiger partial charge on any atom is -0.357 e. The molecule has 2 fully saturated rings. The van der Waals surface area contributed by atoms with Gasteiger partial charge in [0.15, 0.2) is 5.69 Å². The minimum atomic E-state index is 0.419. The SMILES string of the molecule is CC1CCN(c2ccc(-n3nnc(C#N)c3C3CC3)cn2)CC1. The fourth-order valence-corrected chi connectivity index (χ4v) is 3.21. The number of anilines is 1. The molecule has 23 heavy (non-hydrogen) atoms. The van der Waals surface area contributed by atoms with E-state index in [4.69, 9.17) is 0 Å². The lowest BCUT2D eigenvalue weighted by Crippen LogP contribution is -2.33. The molecular weight excluding hydrogens is 288 g/mol. The second-order valence-corrected chi connectivity index (χ2v) is 6.67. The number of hydrogen-bond donors (Lipinski definition) is 0. The summed E-state index contributed by atoms with van der Waals surface area (Å²) in [5.41, 5.74) is 2.27. The van der Waals surface area contributed by atoms with Crippen LogP contribution in [0.2, 0.25) is 0 Å². The molecule has 0 N–H and O–H groups in total. The van der Waals surface area contributed by atoms with Gasteiger partial charge in [0.05, 0.1) is 17.6 Å². The van der Waals surface area contributed by atoms with Crippen molar-refractivity contribution < 1.29 is 0 Å². The predicted molar refractivity (Wildman–Crippen MR) is 86.5 cm³/mol. The monoisotopic (exact) mass is 308 g/mol. The lowest BCUT2D eigenvalue weighted by molar-refractivity contribution is 0.436. The fourth-order valence-electron chi connectivity index (χ4n) is 3.21. The van der Waals surface area contributed by atoms with Crippen LogP contribution in [0, 0.1) is 17.2 Å². The number of nitrogens with zero attached hydrogens (tertiary/aromatic N) is 6. The maximum Gasteiger partial charge on any atom is 0.186 e. The van der Waals surface area contributed by atoms with Gasteiger partial charge in [0.2, 0.25) is 0 Å². The van der Waals surface area contributed by atoms with Crippen molar-refractivity contribution in [2.75, 3.05) is 18.0 Å². The second kappa shape index (κ2) is 5.65. The third-order valence-electron chi connectivity index (χ3n) is 4.86. The van der Waals surface area contributed by atoms with Gasteiger partial charge in [0.25, 0.3) is 0 Å². The van der Waals surface area contributed by atoms with Gasteiger partial charge in [-0.25, -0.2) is 9.67 Å². The lowest BCUT2D eigenvalue weighted by Gasteiger charge is -2.31. The number of rotatable bonds is 3. The highest BCUT2D eigenvalue weighted by atomic mass is 15.4. The van der Waals surface area contributed by atoms with Crippen LogP contribution in [0.25, 0.3) is 5.69 Å². The third kappa shape index (κ3) is 2.67. The highest BCUT2D eigenvalue weighted by molar-refractivity contribution is 5.45. The number of nitriles is 1. The maximum atomic E-state index is 9.20. The Morgan fingerprint density at radius 3 is 2.57 bits per heavy atom. The third-order valence-corrected chi connectivity index (χ3v) is 4.86. The van der Waals surface area contributed by atoms with Crippen LogP contribution in [0.3, 0.4) is 0 Å². The maximum absolute atomic E-state index is 9.20. The van der Waals surface area contributed by atoms with Gasteiger partial charge in [0.1, 0.15) is 11.9 Å². The Balaban J connectivity index is 1.59. The topological polar surface area (TPSA) is 70.6 Å². The van der Waals surface area contributed by atoms with Crippen LogP contribution in [-0.4, -0.2) is 33.1 Å². The first kappa shape index (κ1) is 14.2. The van der Waals surface area contributed by atoms with Crippen molar-refractivity contribution in [2.45, 2.75) is 38.5 Å². The summed E-state index contributed by atoms with van der Waals surface area (Å²) < 4.78 is 1.78. The Hall–Kier alpha value is -2.42. The van der Waals surface area contributed by atoms with Gasteiger partial charge in [-0.15, -0.1) is 5.10 Å². The van der Waals surface area contributed by atoms with Crippen molar-refractivity contribution in [1.29, 1.82) is 5.26 Å². The summed E-state index contributed by atoms with van der Waals surface area (Å²) in [6.45, 7) is 4.45. The molecule has 3 heterocycles. The highest BCUT2D eigenvalue weighted by Crippen LogP contribution is 2.41. The molecule has 0 spiro atoms. The van der Waals surface area contributed by atoms with Crippen LogP contribution < -0.4 is 4.90 Å². The number of pyridine rings is 1. The van der Waals surface area contributed by atoms with Crippen molar-refractivity contribution in [3.05, 3.63) is 29.7 Å². The molecule has 0 amide bonds. The predicted octanol–water partition coefficient (Wildman–Crippen LogP) is 2.65. The van der Waals surface area contributed by atoms with Gasteiger partial charge >= 0.3 is 0 Å². The average molecular weight is 308 g/mol. The molecule has 0 bridgehead atoms. The quantitative estimate of drug-likeness (QED) is 0.871. The molecule has 118 valence electrons. The van der Waals surface area contributed by atoms with E-state index in [0.29, 0.717) is 11.6 Å². The molecule has 1 saturated heterocycles. The molecule has 0 radical (unpaired) electrons. The molecule has 1 aliphatic carbocycles. The van der Waals surface area contributed by atoms with Crippen LogP contribution >= 0.6 is 0 Å². The van der Waals surface area contributed by atoms with Crippen molar-refractivity contribution in [1.82, 2.24) is 20.0 Å². The summed E-state index contributed by atoms with van der Waals surface area (Å²) in [5, 5.41) is 17.4. The van der Waals surface area contributed by atoms with Gasteiger partial charge in [-0.1, -0.05) is 12.1 Å². The highest BCUT2D eigenvalue weighted by Gasteiger charge is 2.32. The Labute approximate surface area is 135 Å². The van der Waals surface area contributed by atoms with E-state index in [1.165, 1.54) is 12.8 Å². The summed E-state index contributed by atoms with van der Waals surface area (Å²) in [6, 6.07) is 6.23. The molecule has 1 saturated carbocycles. The average Bonchev–Trinajstić information content (AvgIpc) is 3.34. The summed E-state index contributed by atoms with van der Waals surface area (Å²) in [4.78, 5) is 6.96.